The van der Waals surface area contributed by atoms with E-state index in [1.165, 1.54) is 0 Å². The summed E-state index contributed by atoms with van der Waals surface area (Å²) in [7, 11) is 0. The van der Waals surface area contributed by atoms with Gasteiger partial charge in [-0.05, 0) is 36.9 Å². The van der Waals surface area contributed by atoms with Crippen molar-refractivity contribution in [2.45, 2.75) is 19.9 Å². The van der Waals surface area contributed by atoms with Gasteiger partial charge in [0.2, 0.25) is 5.95 Å². The Balaban J connectivity index is 1.64. The van der Waals surface area contributed by atoms with E-state index in [0.717, 1.165) is 48.5 Å². The molecule has 3 aromatic rings. The summed E-state index contributed by atoms with van der Waals surface area (Å²) in [6, 6.07) is 4.20. The third-order valence-electron chi connectivity index (χ3n) is 4.63. The number of anilines is 3. The Kier molecular flexibility index (Phi) is 4.94. The summed E-state index contributed by atoms with van der Waals surface area (Å²) in [5.41, 5.74) is 7.59. The lowest BCUT2D eigenvalue weighted by Gasteiger charge is -2.22. The molecular formula is C19H19F2N5OS. The SMILES string of the molecule is CSN1CCc2oc(-c3nc(Nc4cc(F)c(N)c(F)c4)ncc3C)cc2C1. The number of halogens is 2. The first-order valence-electron chi connectivity index (χ1n) is 8.71. The van der Waals surface area contributed by atoms with Gasteiger partial charge in [0, 0.05) is 37.0 Å². The van der Waals surface area contributed by atoms with Crippen molar-refractivity contribution >= 4 is 29.3 Å². The molecule has 0 bridgehead atoms. The third kappa shape index (κ3) is 3.55. The lowest BCUT2D eigenvalue weighted by Crippen LogP contribution is -2.22. The van der Waals surface area contributed by atoms with E-state index in [0.29, 0.717) is 11.5 Å². The van der Waals surface area contributed by atoms with Crippen molar-refractivity contribution in [2.24, 2.45) is 0 Å². The van der Waals surface area contributed by atoms with Gasteiger partial charge in [0.05, 0.1) is 0 Å². The van der Waals surface area contributed by atoms with Crippen LogP contribution in [0.3, 0.4) is 0 Å². The largest absolute Gasteiger partial charge is 0.459 e. The van der Waals surface area contributed by atoms with Crippen LogP contribution in [0.4, 0.5) is 26.1 Å². The fourth-order valence-corrected chi connectivity index (χ4v) is 3.66. The van der Waals surface area contributed by atoms with Crippen LogP contribution in [0.2, 0.25) is 0 Å². The van der Waals surface area contributed by atoms with Crippen molar-refractivity contribution in [1.82, 2.24) is 14.3 Å². The molecule has 0 saturated carbocycles. The number of aromatic nitrogens is 2. The van der Waals surface area contributed by atoms with Crippen LogP contribution in [0, 0.1) is 18.6 Å². The van der Waals surface area contributed by atoms with E-state index in [4.69, 9.17) is 10.2 Å². The molecule has 0 fully saturated rings. The molecule has 1 aliphatic heterocycles. The number of nitrogens with zero attached hydrogens (tertiary/aromatic N) is 3. The highest BCUT2D eigenvalue weighted by atomic mass is 32.2. The smallest absolute Gasteiger partial charge is 0.227 e. The highest BCUT2D eigenvalue weighted by Crippen LogP contribution is 2.32. The summed E-state index contributed by atoms with van der Waals surface area (Å²) in [4.78, 5) is 8.69. The Morgan fingerprint density at radius 3 is 2.71 bits per heavy atom. The van der Waals surface area contributed by atoms with Gasteiger partial charge in [0.25, 0.3) is 0 Å². The molecule has 0 aliphatic carbocycles. The summed E-state index contributed by atoms with van der Waals surface area (Å²) >= 11 is 1.71. The van der Waals surface area contributed by atoms with Crippen LogP contribution in [-0.4, -0.2) is 27.1 Å². The van der Waals surface area contributed by atoms with Gasteiger partial charge < -0.3 is 15.5 Å². The predicted molar refractivity (Wildman–Crippen MR) is 106 cm³/mol. The maximum Gasteiger partial charge on any atom is 0.227 e. The molecule has 3 heterocycles. The van der Waals surface area contributed by atoms with Gasteiger partial charge in [-0.1, -0.05) is 11.9 Å². The molecule has 0 spiro atoms. The molecule has 0 atom stereocenters. The lowest BCUT2D eigenvalue weighted by molar-refractivity contribution is 0.398. The lowest BCUT2D eigenvalue weighted by atomic mass is 10.1. The zero-order valence-corrected chi connectivity index (χ0v) is 16.2. The number of nitrogens with one attached hydrogen (secondary N) is 1. The van der Waals surface area contributed by atoms with Crippen molar-refractivity contribution in [3.8, 4) is 11.5 Å². The zero-order valence-electron chi connectivity index (χ0n) is 15.4. The summed E-state index contributed by atoms with van der Waals surface area (Å²) in [6.07, 6.45) is 4.54. The van der Waals surface area contributed by atoms with Gasteiger partial charge in [-0.3, -0.25) is 0 Å². The molecule has 28 heavy (non-hydrogen) atoms. The topological polar surface area (TPSA) is 80.2 Å². The number of hydrogen-bond acceptors (Lipinski definition) is 7. The van der Waals surface area contributed by atoms with Crippen molar-refractivity contribution < 1.29 is 13.2 Å². The quantitative estimate of drug-likeness (QED) is 0.497. The van der Waals surface area contributed by atoms with Gasteiger partial charge in [0.1, 0.15) is 17.1 Å². The van der Waals surface area contributed by atoms with E-state index in [1.807, 2.05) is 13.0 Å². The molecule has 0 saturated heterocycles. The number of fused-ring (bicyclic) bond motifs is 1. The van der Waals surface area contributed by atoms with E-state index in [9.17, 15) is 8.78 Å². The van der Waals surface area contributed by atoms with Crippen molar-refractivity contribution in [2.75, 3.05) is 23.9 Å². The minimum atomic E-state index is -0.841. The number of nitrogen functional groups attached to an aromatic ring is 1. The standard InChI is InChI=1S/C19H19F2N5OS/c1-10-8-23-19(24-12-6-13(20)17(22)14(21)7-12)25-18(10)16-5-11-9-26(28-2)4-3-15(11)27-16/h5-8H,3-4,9,22H2,1-2H3,(H,23,24,25). The molecule has 1 aliphatic rings. The summed E-state index contributed by atoms with van der Waals surface area (Å²) in [6.45, 7) is 3.64. The van der Waals surface area contributed by atoms with E-state index in [-0.39, 0.29) is 11.6 Å². The molecule has 4 rings (SSSR count). The normalized spacial score (nSPS) is 14.1. The minimum Gasteiger partial charge on any atom is -0.459 e. The van der Waals surface area contributed by atoms with Gasteiger partial charge in [-0.2, -0.15) is 0 Å². The molecule has 2 aromatic heterocycles. The van der Waals surface area contributed by atoms with Crippen LogP contribution in [0.15, 0.2) is 28.8 Å². The fraction of sp³-hybridized carbons (Fsp3) is 0.263. The molecular weight excluding hydrogens is 384 g/mol. The van der Waals surface area contributed by atoms with Crippen LogP contribution in [0.25, 0.3) is 11.5 Å². The summed E-state index contributed by atoms with van der Waals surface area (Å²) in [5.74, 6) is 0.157. The Hall–Kier alpha value is -2.65. The van der Waals surface area contributed by atoms with Gasteiger partial charge in [-0.25, -0.2) is 23.1 Å². The van der Waals surface area contributed by atoms with Crippen molar-refractivity contribution in [1.29, 1.82) is 0 Å². The Morgan fingerprint density at radius 2 is 2.00 bits per heavy atom. The highest BCUT2D eigenvalue weighted by molar-refractivity contribution is 7.96. The summed E-state index contributed by atoms with van der Waals surface area (Å²) < 4.78 is 35.7. The minimum absolute atomic E-state index is 0.174. The molecule has 0 unspecified atom stereocenters. The van der Waals surface area contributed by atoms with Crippen molar-refractivity contribution in [3.05, 3.63) is 52.9 Å². The molecule has 6 nitrogen and oxygen atoms in total. The first kappa shape index (κ1) is 18.7. The highest BCUT2D eigenvalue weighted by Gasteiger charge is 2.22. The average molecular weight is 403 g/mol. The molecule has 9 heteroatoms. The monoisotopic (exact) mass is 403 g/mol. The van der Waals surface area contributed by atoms with Gasteiger partial charge in [0.15, 0.2) is 17.4 Å². The summed E-state index contributed by atoms with van der Waals surface area (Å²) in [5, 5.41) is 2.82. The number of rotatable bonds is 4. The second-order valence-corrected chi connectivity index (χ2v) is 7.44. The number of hydrogen-bond donors (Lipinski definition) is 2. The predicted octanol–water partition coefficient (Wildman–Crippen LogP) is 4.29. The number of furan rings is 1. The molecule has 1 aromatic carbocycles. The molecule has 0 amide bonds. The first-order valence-corrected chi connectivity index (χ1v) is 9.89. The Bertz CT molecular complexity index is 1020. The van der Waals surface area contributed by atoms with Crippen LogP contribution in [0.1, 0.15) is 16.9 Å². The van der Waals surface area contributed by atoms with Crippen LogP contribution in [-0.2, 0) is 13.0 Å². The van der Waals surface area contributed by atoms with E-state index >= 15 is 0 Å². The van der Waals surface area contributed by atoms with Crippen LogP contribution < -0.4 is 11.1 Å². The van der Waals surface area contributed by atoms with E-state index < -0.39 is 17.3 Å². The third-order valence-corrected chi connectivity index (χ3v) is 5.46. The second kappa shape index (κ2) is 7.40. The van der Waals surface area contributed by atoms with Crippen LogP contribution >= 0.6 is 11.9 Å². The zero-order chi connectivity index (χ0) is 19.8. The van der Waals surface area contributed by atoms with Gasteiger partial charge >= 0.3 is 0 Å². The maximum absolute atomic E-state index is 13.7. The Morgan fingerprint density at radius 1 is 1.25 bits per heavy atom. The first-order chi connectivity index (χ1) is 13.4. The Labute approximate surface area is 165 Å². The molecule has 146 valence electrons. The molecule has 0 radical (unpaired) electrons. The van der Waals surface area contributed by atoms with Crippen LogP contribution in [0.5, 0.6) is 0 Å². The average Bonchev–Trinajstić information content (AvgIpc) is 3.10. The number of nitrogens with two attached hydrogens (primary N) is 1. The van der Waals surface area contributed by atoms with Crippen molar-refractivity contribution in [3.63, 3.8) is 0 Å². The fourth-order valence-electron chi connectivity index (χ4n) is 3.12. The molecule has 3 N–H and O–H groups in total. The van der Waals surface area contributed by atoms with E-state index in [1.54, 1.807) is 18.1 Å². The van der Waals surface area contributed by atoms with E-state index in [2.05, 4.69) is 25.8 Å². The second-order valence-electron chi connectivity index (χ2n) is 6.56. The number of benzene rings is 1. The maximum atomic E-state index is 13.7. The number of aryl methyl sites for hydroxylation is 1. The van der Waals surface area contributed by atoms with Gasteiger partial charge in [-0.15, -0.1) is 0 Å².